The lowest BCUT2D eigenvalue weighted by Gasteiger charge is -2.16. The molecule has 0 aliphatic carbocycles. The van der Waals surface area contributed by atoms with Crippen LogP contribution in [-0.4, -0.2) is 18.9 Å². The molecule has 0 fully saturated rings. The molecule has 0 aliphatic heterocycles. The average Bonchev–Trinajstić information content (AvgIpc) is 2.78. The number of hydrogen-bond acceptors (Lipinski definition) is 3. The first-order valence-corrected chi connectivity index (χ1v) is 9.75. The van der Waals surface area contributed by atoms with Crippen molar-refractivity contribution < 1.29 is 18.7 Å². The third-order valence-corrected chi connectivity index (χ3v) is 4.68. The van der Waals surface area contributed by atoms with Gasteiger partial charge in [0.15, 0.2) is 11.6 Å². The Labute approximate surface area is 180 Å². The van der Waals surface area contributed by atoms with E-state index >= 15 is 0 Å². The zero-order valence-electron chi connectivity index (χ0n) is 17.3. The summed E-state index contributed by atoms with van der Waals surface area (Å²) in [4.78, 5) is 25.1. The normalized spacial score (nSPS) is 11.7. The first-order valence-electron chi connectivity index (χ1n) is 9.75. The summed E-state index contributed by atoms with van der Waals surface area (Å²) < 4.78 is 18.7. The molecule has 0 heterocycles. The molecular formula is C25H23FN2O3. The van der Waals surface area contributed by atoms with E-state index in [1.54, 1.807) is 30.3 Å². The smallest absolute Gasteiger partial charge is 0.253 e. The molecule has 0 aromatic heterocycles. The van der Waals surface area contributed by atoms with Crippen LogP contribution in [0.25, 0.3) is 6.08 Å². The monoisotopic (exact) mass is 418 g/mol. The standard InChI is InChI=1S/C25H23FN2O3/c1-17(19-8-4-3-5-9-19)27-25(30)20-10-6-7-11-22(20)28-24(29)15-13-18-12-14-23(31-2)21(26)16-18/h3-17H,1-2H3,(H,27,30)(H,28,29)/b15-13+. The molecule has 2 amide bonds. The van der Waals surface area contributed by atoms with Gasteiger partial charge in [0.2, 0.25) is 5.91 Å². The average molecular weight is 418 g/mol. The number of carbonyl (C=O) groups is 2. The molecule has 3 aromatic rings. The number of amides is 2. The lowest BCUT2D eigenvalue weighted by Crippen LogP contribution is -2.27. The molecule has 0 radical (unpaired) electrons. The van der Waals surface area contributed by atoms with E-state index < -0.39 is 11.7 Å². The Balaban J connectivity index is 1.69. The first kappa shape index (κ1) is 21.8. The summed E-state index contributed by atoms with van der Waals surface area (Å²) in [7, 11) is 1.38. The molecule has 0 aliphatic rings. The Bertz CT molecular complexity index is 1100. The Hall–Kier alpha value is -3.93. The summed E-state index contributed by atoms with van der Waals surface area (Å²) in [6.45, 7) is 1.89. The maximum atomic E-state index is 13.8. The number of carbonyl (C=O) groups excluding carboxylic acids is 2. The van der Waals surface area contributed by atoms with Crippen molar-refractivity contribution in [2.45, 2.75) is 13.0 Å². The van der Waals surface area contributed by atoms with Crippen molar-refractivity contribution in [2.75, 3.05) is 12.4 Å². The molecule has 5 nitrogen and oxygen atoms in total. The Morgan fingerprint density at radius 3 is 2.42 bits per heavy atom. The summed E-state index contributed by atoms with van der Waals surface area (Å²) in [5, 5.41) is 5.65. The van der Waals surface area contributed by atoms with Crippen LogP contribution >= 0.6 is 0 Å². The van der Waals surface area contributed by atoms with Gasteiger partial charge in [0, 0.05) is 6.08 Å². The van der Waals surface area contributed by atoms with Gasteiger partial charge >= 0.3 is 0 Å². The quantitative estimate of drug-likeness (QED) is 0.532. The van der Waals surface area contributed by atoms with Crippen LogP contribution in [0.1, 0.15) is 34.5 Å². The zero-order valence-corrected chi connectivity index (χ0v) is 17.3. The van der Waals surface area contributed by atoms with Crippen LogP contribution in [0.15, 0.2) is 78.9 Å². The molecule has 2 N–H and O–H groups in total. The van der Waals surface area contributed by atoms with Crippen LogP contribution < -0.4 is 15.4 Å². The van der Waals surface area contributed by atoms with E-state index in [-0.39, 0.29) is 17.7 Å². The molecule has 1 atom stereocenters. The predicted octanol–water partition coefficient (Wildman–Crippen LogP) is 4.98. The van der Waals surface area contributed by atoms with Gasteiger partial charge in [0.25, 0.3) is 5.91 Å². The summed E-state index contributed by atoms with van der Waals surface area (Å²) in [6, 6.07) is 20.6. The molecule has 3 rings (SSSR count). The SMILES string of the molecule is COc1ccc(/C=C/C(=O)Nc2ccccc2C(=O)NC(C)c2ccccc2)cc1F. The number of para-hydroxylation sites is 1. The van der Waals surface area contributed by atoms with E-state index in [9.17, 15) is 14.0 Å². The fourth-order valence-electron chi connectivity index (χ4n) is 3.02. The molecule has 0 bridgehead atoms. The number of benzene rings is 3. The highest BCUT2D eigenvalue weighted by molar-refractivity contribution is 6.07. The van der Waals surface area contributed by atoms with Crippen LogP contribution in [-0.2, 0) is 4.79 Å². The highest BCUT2D eigenvalue weighted by Gasteiger charge is 2.15. The van der Waals surface area contributed by atoms with Crippen molar-refractivity contribution in [3.8, 4) is 5.75 Å². The van der Waals surface area contributed by atoms with Gasteiger partial charge in [-0.05, 0) is 48.4 Å². The van der Waals surface area contributed by atoms with E-state index in [4.69, 9.17) is 4.74 Å². The predicted molar refractivity (Wildman–Crippen MR) is 119 cm³/mol. The van der Waals surface area contributed by atoms with Crippen molar-refractivity contribution in [1.29, 1.82) is 0 Å². The van der Waals surface area contributed by atoms with E-state index in [1.807, 2.05) is 37.3 Å². The second-order valence-corrected chi connectivity index (χ2v) is 6.87. The lowest BCUT2D eigenvalue weighted by atomic mass is 10.1. The molecule has 6 heteroatoms. The second-order valence-electron chi connectivity index (χ2n) is 6.87. The Morgan fingerprint density at radius 2 is 1.71 bits per heavy atom. The number of halogens is 1. The maximum absolute atomic E-state index is 13.8. The van der Waals surface area contributed by atoms with Crippen LogP contribution in [0.5, 0.6) is 5.75 Å². The van der Waals surface area contributed by atoms with Gasteiger partial charge in [0.05, 0.1) is 24.4 Å². The number of anilines is 1. The summed E-state index contributed by atoms with van der Waals surface area (Å²) >= 11 is 0. The fraction of sp³-hybridized carbons (Fsp3) is 0.120. The molecule has 31 heavy (non-hydrogen) atoms. The number of hydrogen-bond donors (Lipinski definition) is 2. The summed E-state index contributed by atoms with van der Waals surface area (Å²) in [6.07, 6.45) is 2.76. The molecule has 0 spiro atoms. The van der Waals surface area contributed by atoms with Gasteiger partial charge < -0.3 is 15.4 Å². The van der Waals surface area contributed by atoms with Crippen LogP contribution in [0.2, 0.25) is 0 Å². The highest BCUT2D eigenvalue weighted by atomic mass is 19.1. The van der Waals surface area contributed by atoms with Crippen molar-refractivity contribution in [3.05, 3.63) is 101 Å². The third-order valence-electron chi connectivity index (χ3n) is 4.68. The van der Waals surface area contributed by atoms with Crippen molar-refractivity contribution >= 4 is 23.6 Å². The topological polar surface area (TPSA) is 67.4 Å². The molecule has 158 valence electrons. The second kappa shape index (κ2) is 10.2. The Morgan fingerprint density at radius 1 is 1.00 bits per heavy atom. The lowest BCUT2D eigenvalue weighted by molar-refractivity contribution is -0.111. The Kier molecular flexibility index (Phi) is 7.17. The minimum atomic E-state index is -0.514. The maximum Gasteiger partial charge on any atom is 0.253 e. The van der Waals surface area contributed by atoms with Crippen molar-refractivity contribution in [2.24, 2.45) is 0 Å². The van der Waals surface area contributed by atoms with Gasteiger partial charge in [-0.25, -0.2) is 4.39 Å². The van der Waals surface area contributed by atoms with E-state index in [0.29, 0.717) is 16.8 Å². The minimum absolute atomic E-state index is 0.131. The van der Waals surface area contributed by atoms with Crippen molar-refractivity contribution in [3.63, 3.8) is 0 Å². The summed E-state index contributed by atoms with van der Waals surface area (Å²) in [5.74, 6) is -1.12. The van der Waals surface area contributed by atoms with Crippen LogP contribution in [0, 0.1) is 5.82 Å². The largest absolute Gasteiger partial charge is 0.494 e. The first-order chi connectivity index (χ1) is 15.0. The zero-order chi connectivity index (χ0) is 22.2. The number of methoxy groups -OCH3 is 1. The van der Waals surface area contributed by atoms with Gasteiger partial charge in [-0.1, -0.05) is 48.5 Å². The molecule has 0 saturated heterocycles. The molecule has 0 saturated carbocycles. The third kappa shape index (κ3) is 5.79. The number of rotatable bonds is 7. The highest BCUT2D eigenvalue weighted by Crippen LogP contribution is 2.20. The van der Waals surface area contributed by atoms with Gasteiger partial charge in [0.1, 0.15) is 0 Å². The number of nitrogens with one attached hydrogen (secondary N) is 2. The van der Waals surface area contributed by atoms with E-state index in [0.717, 1.165) is 5.56 Å². The van der Waals surface area contributed by atoms with Crippen LogP contribution in [0.4, 0.5) is 10.1 Å². The van der Waals surface area contributed by atoms with Gasteiger partial charge in [-0.15, -0.1) is 0 Å². The van der Waals surface area contributed by atoms with Crippen LogP contribution in [0.3, 0.4) is 0 Å². The molecule has 1 unspecified atom stereocenters. The van der Waals surface area contributed by atoms with Crippen molar-refractivity contribution in [1.82, 2.24) is 5.32 Å². The molecule has 3 aromatic carbocycles. The summed E-state index contributed by atoms with van der Waals surface area (Å²) in [5.41, 5.74) is 2.22. The fourth-order valence-corrected chi connectivity index (χ4v) is 3.02. The van der Waals surface area contributed by atoms with Gasteiger partial charge in [-0.3, -0.25) is 9.59 Å². The number of ether oxygens (including phenoxy) is 1. The van der Waals surface area contributed by atoms with E-state index in [1.165, 1.54) is 31.4 Å². The van der Waals surface area contributed by atoms with Gasteiger partial charge in [-0.2, -0.15) is 0 Å². The molecular weight excluding hydrogens is 395 g/mol. The van der Waals surface area contributed by atoms with E-state index in [2.05, 4.69) is 10.6 Å². The minimum Gasteiger partial charge on any atom is -0.494 e.